The molecule has 4 N–H and O–H groups in total. The number of nitrogens with zero attached hydrogens (tertiary/aromatic N) is 1. The molecule has 3 aromatic carbocycles. The van der Waals surface area contributed by atoms with Gasteiger partial charge >= 0.3 is 0 Å². The van der Waals surface area contributed by atoms with Crippen LogP contribution in [0.5, 0.6) is 0 Å². The largest absolute Gasteiger partial charge is 0.618 e. The van der Waals surface area contributed by atoms with Gasteiger partial charge in [-0.2, -0.15) is 4.73 Å². The number of benzene rings is 3. The summed E-state index contributed by atoms with van der Waals surface area (Å²) in [5.41, 5.74) is 7.09. The Morgan fingerprint density at radius 1 is 0.870 bits per heavy atom. The van der Waals surface area contributed by atoms with Crippen LogP contribution < -0.4 is 15.5 Å². The minimum absolute atomic E-state index is 0.0328. The first-order valence-corrected chi connectivity index (χ1v) is 16.1. The molecule has 240 valence electrons. The number of aliphatic hydroxyl groups is 1. The van der Waals surface area contributed by atoms with Crippen LogP contribution in [0.15, 0.2) is 102 Å². The van der Waals surface area contributed by atoms with Crippen LogP contribution in [0.1, 0.15) is 60.3 Å². The normalized spacial score (nSPS) is 17.7. The van der Waals surface area contributed by atoms with Crippen LogP contribution in [0.25, 0.3) is 11.1 Å². The fourth-order valence-electron chi connectivity index (χ4n) is 5.21. The number of nitrogens with one attached hydrogen (secondary N) is 2. The molecule has 3 atom stereocenters. The molecule has 0 radical (unpaired) electrons. The Kier molecular flexibility index (Phi) is 11.8. The minimum Gasteiger partial charge on any atom is -0.618 e. The predicted molar refractivity (Wildman–Crippen MR) is 172 cm³/mol. The zero-order chi connectivity index (χ0) is 32.3. The van der Waals surface area contributed by atoms with Crippen LogP contribution in [-0.2, 0) is 32.2 Å². The quantitative estimate of drug-likeness (QED) is 0.0518. The molecule has 0 unspecified atom stereocenters. The molecule has 2 heterocycles. The van der Waals surface area contributed by atoms with Gasteiger partial charge in [0.15, 0.2) is 12.5 Å². The van der Waals surface area contributed by atoms with Crippen molar-refractivity contribution in [3.63, 3.8) is 0 Å². The van der Waals surface area contributed by atoms with E-state index in [4.69, 9.17) is 14.7 Å². The fraction of sp³-hybridized carbons (Fsp3) is 0.286. The lowest BCUT2D eigenvalue weighted by Gasteiger charge is -2.36. The number of hydrogen-bond donors (Lipinski definition) is 4. The van der Waals surface area contributed by atoms with Crippen LogP contribution >= 0.6 is 11.8 Å². The second-order valence-corrected chi connectivity index (χ2v) is 12.1. The maximum Gasteiger partial charge on any atom is 0.251 e. The van der Waals surface area contributed by atoms with Crippen molar-refractivity contribution in [2.75, 3.05) is 5.75 Å². The topological polar surface area (TPSA) is 144 Å². The lowest BCUT2D eigenvalue weighted by molar-refractivity contribution is -0.645. The van der Waals surface area contributed by atoms with E-state index in [0.29, 0.717) is 30.2 Å². The fourth-order valence-corrected chi connectivity index (χ4v) is 6.14. The van der Waals surface area contributed by atoms with Crippen molar-refractivity contribution in [2.24, 2.45) is 0 Å². The number of hydroxylamine groups is 1. The van der Waals surface area contributed by atoms with Gasteiger partial charge in [0.25, 0.3) is 5.03 Å². The van der Waals surface area contributed by atoms with Crippen LogP contribution in [-0.4, -0.2) is 34.0 Å². The van der Waals surface area contributed by atoms with E-state index in [-0.39, 0.29) is 37.6 Å². The number of ether oxygens (including phenoxy) is 2. The SMILES string of the molecule is O=C(CCCC(=O)NCc1cccc(-c2cccc([C@@H]3O[C@H](CSc4cccc[n+]4[O-])C[C@H](c4ccc(CO)cc4)O3)c2)c1)NO. The summed E-state index contributed by atoms with van der Waals surface area (Å²) in [6.45, 7) is 0.309. The summed E-state index contributed by atoms with van der Waals surface area (Å²) in [6.07, 6.45) is 1.61. The van der Waals surface area contributed by atoms with E-state index in [9.17, 15) is 19.9 Å². The monoisotopic (exact) mass is 643 g/mol. The molecule has 1 fully saturated rings. The minimum atomic E-state index is -0.646. The van der Waals surface area contributed by atoms with E-state index in [0.717, 1.165) is 38.1 Å². The first-order chi connectivity index (χ1) is 22.4. The highest BCUT2D eigenvalue weighted by Crippen LogP contribution is 2.40. The highest BCUT2D eigenvalue weighted by Gasteiger charge is 2.33. The maximum absolute atomic E-state index is 12.2. The average Bonchev–Trinajstić information content (AvgIpc) is 3.10. The molecule has 1 aromatic heterocycles. The van der Waals surface area contributed by atoms with E-state index in [1.165, 1.54) is 18.0 Å². The van der Waals surface area contributed by atoms with Gasteiger partial charge in [-0.1, -0.05) is 72.4 Å². The lowest BCUT2D eigenvalue weighted by atomic mass is 9.99. The van der Waals surface area contributed by atoms with Gasteiger partial charge in [0, 0.05) is 49.3 Å². The van der Waals surface area contributed by atoms with Gasteiger partial charge in [0.1, 0.15) is 0 Å². The number of carbonyl (C=O) groups excluding carboxylic acids is 2. The molecule has 0 spiro atoms. The average molecular weight is 644 g/mol. The van der Waals surface area contributed by atoms with Crippen molar-refractivity contribution in [3.8, 4) is 11.1 Å². The van der Waals surface area contributed by atoms with Crippen molar-refractivity contribution in [1.82, 2.24) is 10.8 Å². The standard InChI is InChI=1S/C35H37N3O7S/c39-22-24-13-15-26(16-14-24)31-20-30(23-46-34-12-1-2-17-38(34)43)44-35(45-31)29-9-4-8-28(19-29)27-7-3-6-25(18-27)21-36-32(40)10-5-11-33(41)37-42/h1-4,6-9,12-19,30-31,35,39,42H,5,10-11,20-23H2,(H,36,40)(H,37,41)/t30-,31+,35+/m0/s1. The Labute approximate surface area is 271 Å². The maximum atomic E-state index is 12.2. The summed E-state index contributed by atoms with van der Waals surface area (Å²) >= 11 is 1.45. The number of aromatic nitrogens is 1. The molecule has 0 saturated carbocycles. The number of thioether (sulfide) groups is 1. The second kappa shape index (κ2) is 16.3. The first-order valence-electron chi connectivity index (χ1n) is 15.1. The third-order valence-corrected chi connectivity index (χ3v) is 8.81. The van der Waals surface area contributed by atoms with Gasteiger partial charge in [-0.25, -0.2) is 5.48 Å². The van der Waals surface area contributed by atoms with Crippen LogP contribution in [0.3, 0.4) is 0 Å². The molecular weight excluding hydrogens is 606 g/mol. The molecule has 46 heavy (non-hydrogen) atoms. The second-order valence-electron chi connectivity index (χ2n) is 11.0. The molecule has 10 nitrogen and oxygen atoms in total. The van der Waals surface area contributed by atoms with Crippen molar-refractivity contribution in [2.45, 2.75) is 62.4 Å². The zero-order valence-electron chi connectivity index (χ0n) is 25.2. The van der Waals surface area contributed by atoms with E-state index in [1.54, 1.807) is 17.6 Å². The summed E-state index contributed by atoms with van der Waals surface area (Å²) in [5.74, 6) is -0.118. The van der Waals surface area contributed by atoms with Crippen molar-refractivity contribution < 1.29 is 34.1 Å². The molecule has 1 aliphatic heterocycles. The Balaban J connectivity index is 1.29. The third kappa shape index (κ3) is 9.15. The number of carbonyl (C=O) groups is 2. The molecule has 1 saturated heterocycles. The highest BCUT2D eigenvalue weighted by atomic mass is 32.2. The number of rotatable bonds is 13. The number of aliphatic hydroxyl groups excluding tert-OH is 1. The van der Waals surface area contributed by atoms with E-state index < -0.39 is 12.2 Å². The molecule has 2 amide bonds. The summed E-state index contributed by atoms with van der Waals surface area (Å²) in [6, 6.07) is 28.9. The van der Waals surface area contributed by atoms with Crippen molar-refractivity contribution in [1.29, 1.82) is 0 Å². The van der Waals surface area contributed by atoms with Crippen molar-refractivity contribution >= 4 is 23.6 Å². The van der Waals surface area contributed by atoms with Gasteiger partial charge in [-0.15, -0.1) is 0 Å². The summed E-state index contributed by atoms with van der Waals surface area (Å²) in [4.78, 5) is 23.4. The van der Waals surface area contributed by atoms with Gasteiger partial charge in [-0.05, 0) is 52.4 Å². The van der Waals surface area contributed by atoms with Gasteiger partial charge < -0.3 is 25.1 Å². The Morgan fingerprint density at radius 3 is 2.39 bits per heavy atom. The molecule has 5 rings (SSSR count). The van der Waals surface area contributed by atoms with Crippen molar-refractivity contribution in [3.05, 3.63) is 125 Å². The Bertz CT molecular complexity index is 1620. The summed E-state index contributed by atoms with van der Waals surface area (Å²) in [5, 5.41) is 33.8. The number of hydrogen-bond acceptors (Lipinski definition) is 8. The molecule has 4 aromatic rings. The van der Waals surface area contributed by atoms with Crippen LogP contribution in [0, 0.1) is 5.21 Å². The van der Waals surface area contributed by atoms with Crippen LogP contribution in [0.2, 0.25) is 0 Å². The van der Waals surface area contributed by atoms with Gasteiger partial charge in [0.2, 0.25) is 11.8 Å². The predicted octanol–water partition coefficient (Wildman–Crippen LogP) is 5.11. The van der Waals surface area contributed by atoms with Gasteiger partial charge in [-0.3, -0.25) is 14.8 Å². The zero-order valence-corrected chi connectivity index (χ0v) is 26.0. The Hall–Kier alpha value is -4.26. The number of pyridine rings is 1. The lowest BCUT2D eigenvalue weighted by Crippen LogP contribution is -2.32. The van der Waals surface area contributed by atoms with Gasteiger partial charge in [0.05, 0.1) is 18.8 Å². The Morgan fingerprint density at radius 2 is 1.63 bits per heavy atom. The smallest absolute Gasteiger partial charge is 0.251 e. The molecular formula is C35H37N3O7S. The number of amides is 2. The van der Waals surface area contributed by atoms with Crippen LogP contribution in [0.4, 0.5) is 0 Å². The highest BCUT2D eigenvalue weighted by molar-refractivity contribution is 7.99. The molecule has 0 aliphatic carbocycles. The third-order valence-electron chi connectivity index (χ3n) is 7.66. The molecule has 11 heteroatoms. The first kappa shape index (κ1) is 33.1. The summed E-state index contributed by atoms with van der Waals surface area (Å²) < 4.78 is 13.9. The molecule has 0 bridgehead atoms. The van der Waals surface area contributed by atoms with E-state index in [1.807, 2.05) is 78.9 Å². The molecule has 1 aliphatic rings. The van der Waals surface area contributed by atoms with E-state index >= 15 is 0 Å². The summed E-state index contributed by atoms with van der Waals surface area (Å²) in [7, 11) is 0. The van der Waals surface area contributed by atoms with E-state index in [2.05, 4.69) is 5.32 Å².